The summed E-state index contributed by atoms with van der Waals surface area (Å²) in [5, 5.41) is 0. The van der Waals surface area contributed by atoms with Crippen molar-refractivity contribution in [2.75, 3.05) is 0 Å². The highest BCUT2D eigenvalue weighted by atomic mass is 32.2. The molecule has 2 aromatic carbocycles. The van der Waals surface area contributed by atoms with Crippen LogP contribution in [0.15, 0.2) is 46.1 Å². The largest absolute Gasteiger partial charge is 0.307 e. The third kappa shape index (κ3) is 3.00. The SMILES string of the molecule is C[C@@H](NS(=O)(=O)c1ccc2c(c1)sc(=O)n2C)c1ccc2c(c1)CCC2. The molecule has 26 heavy (non-hydrogen) atoms. The minimum atomic E-state index is -3.67. The number of nitrogens with zero attached hydrogens (tertiary/aromatic N) is 1. The average Bonchev–Trinajstić information content (AvgIpc) is 3.18. The van der Waals surface area contributed by atoms with Crippen molar-refractivity contribution in [1.82, 2.24) is 9.29 Å². The van der Waals surface area contributed by atoms with Crippen LogP contribution < -0.4 is 9.60 Å². The predicted octanol–water partition coefficient (Wildman–Crippen LogP) is 3.13. The topological polar surface area (TPSA) is 68.2 Å². The first kappa shape index (κ1) is 17.5. The molecule has 0 saturated heterocycles. The summed E-state index contributed by atoms with van der Waals surface area (Å²) in [6.45, 7) is 1.85. The summed E-state index contributed by atoms with van der Waals surface area (Å²) in [6, 6.07) is 10.7. The summed E-state index contributed by atoms with van der Waals surface area (Å²) in [7, 11) is -1.99. The molecular weight excluding hydrogens is 368 g/mol. The Balaban J connectivity index is 1.63. The molecule has 4 rings (SSSR count). The highest BCUT2D eigenvalue weighted by Gasteiger charge is 2.21. The van der Waals surface area contributed by atoms with Crippen LogP contribution in [0.3, 0.4) is 0 Å². The second-order valence-corrected chi connectivity index (χ2v) is 9.49. The van der Waals surface area contributed by atoms with Crippen molar-refractivity contribution in [2.24, 2.45) is 7.05 Å². The highest BCUT2D eigenvalue weighted by Crippen LogP contribution is 2.27. The number of nitrogens with one attached hydrogen (secondary N) is 1. The molecule has 0 spiro atoms. The van der Waals surface area contributed by atoms with Crippen LogP contribution in [0.2, 0.25) is 0 Å². The van der Waals surface area contributed by atoms with E-state index in [1.165, 1.54) is 22.1 Å². The molecule has 136 valence electrons. The number of sulfonamides is 1. The van der Waals surface area contributed by atoms with Gasteiger partial charge in [0.05, 0.1) is 15.1 Å². The zero-order chi connectivity index (χ0) is 18.5. The fraction of sp³-hybridized carbons (Fsp3) is 0.316. The Labute approximate surface area is 156 Å². The second-order valence-electron chi connectivity index (χ2n) is 6.78. The smallest absolute Gasteiger partial charge is 0.302 e. The summed E-state index contributed by atoms with van der Waals surface area (Å²) in [4.78, 5) is 11.8. The highest BCUT2D eigenvalue weighted by molar-refractivity contribution is 7.89. The molecule has 0 unspecified atom stereocenters. The van der Waals surface area contributed by atoms with Gasteiger partial charge < -0.3 is 4.57 Å². The van der Waals surface area contributed by atoms with Crippen LogP contribution in [-0.2, 0) is 29.9 Å². The third-order valence-electron chi connectivity index (χ3n) is 5.03. The summed E-state index contributed by atoms with van der Waals surface area (Å²) in [5.41, 5.74) is 4.41. The first-order valence-corrected chi connectivity index (χ1v) is 10.9. The maximum absolute atomic E-state index is 12.8. The number of fused-ring (bicyclic) bond motifs is 2. The van der Waals surface area contributed by atoms with E-state index in [0.717, 1.165) is 35.3 Å². The van der Waals surface area contributed by atoms with Crippen LogP contribution in [0.1, 0.15) is 36.1 Å². The molecule has 1 aliphatic carbocycles. The number of rotatable bonds is 4. The first-order chi connectivity index (χ1) is 12.3. The van der Waals surface area contributed by atoms with Crippen molar-refractivity contribution in [2.45, 2.75) is 37.1 Å². The monoisotopic (exact) mass is 388 g/mol. The number of aryl methyl sites for hydroxylation is 3. The van der Waals surface area contributed by atoms with Crippen LogP contribution in [-0.4, -0.2) is 13.0 Å². The van der Waals surface area contributed by atoms with E-state index in [9.17, 15) is 13.2 Å². The molecule has 0 bridgehead atoms. The van der Waals surface area contributed by atoms with Crippen molar-refractivity contribution >= 4 is 31.6 Å². The molecule has 0 radical (unpaired) electrons. The molecule has 5 nitrogen and oxygen atoms in total. The van der Waals surface area contributed by atoms with E-state index >= 15 is 0 Å². The van der Waals surface area contributed by atoms with Crippen LogP contribution >= 0.6 is 11.3 Å². The van der Waals surface area contributed by atoms with Crippen LogP contribution in [0.25, 0.3) is 10.2 Å². The molecule has 0 aliphatic heterocycles. The lowest BCUT2D eigenvalue weighted by molar-refractivity contribution is 0.567. The molecule has 1 heterocycles. The average molecular weight is 389 g/mol. The Morgan fingerprint density at radius 2 is 1.88 bits per heavy atom. The lowest BCUT2D eigenvalue weighted by atomic mass is 10.0. The van der Waals surface area contributed by atoms with Gasteiger partial charge in [-0.3, -0.25) is 4.79 Å². The van der Waals surface area contributed by atoms with Crippen molar-refractivity contribution in [3.05, 3.63) is 62.8 Å². The molecule has 0 saturated carbocycles. The van der Waals surface area contributed by atoms with E-state index in [-0.39, 0.29) is 15.8 Å². The van der Waals surface area contributed by atoms with E-state index in [1.54, 1.807) is 25.2 Å². The molecule has 7 heteroatoms. The zero-order valence-corrected chi connectivity index (χ0v) is 16.3. The van der Waals surface area contributed by atoms with Gasteiger partial charge in [0.25, 0.3) is 0 Å². The normalized spacial score (nSPS) is 15.3. The Morgan fingerprint density at radius 1 is 1.12 bits per heavy atom. The minimum Gasteiger partial charge on any atom is -0.302 e. The van der Waals surface area contributed by atoms with Gasteiger partial charge in [-0.25, -0.2) is 13.1 Å². The van der Waals surface area contributed by atoms with Gasteiger partial charge in [-0.1, -0.05) is 29.5 Å². The molecule has 1 aromatic heterocycles. The summed E-state index contributed by atoms with van der Waals surface area (Å²) < 4.78 is 30.5. The number of benzene rings is 2. The molecule has 1 atom stereocenters. The molecule has 0 amide bonds. The number of aromatic nitrogens is 1. The van der Waals surface area contributed by atoms with Gasteiger partial charge in [0.15, 0.2) is 0 Å². The summed E-state index contributed by atoms with van der Waals surface area (Å²) >= 11 is 1.05. The molecule has 0 fully saturated rings. The van der Waals surface area contributed by atoms with E-state index in [4.69, 9.17) is 0 Å². The summed E-state index contributed by atoms with van der Waals surface area (Å²) in [5.74, 6) is 0. The van der Waals surface area contributed by atoms with Crippen molar-refractivity contribution in [3.63, 3.8) is 0 Å². The Kier molecular flexibility index (Phi) is 4.25. The van der Waals surface area contributed by atoms with E-state index < -0.39 is 10.0 Å². The van der Waals surface area contributed by atoms with E-state index in [0.29, 0.717) is 4.70 Å². The number of hydrogen-bond acceptors (Lipinski definition) is 4. The Morgan fingerprint density at radius 3 is 2.69 bits per heavy atom. The van der Waals surface area contributed by atoms with Gasteiger partial charge in [-0.15, -0.1) is 0 Å². The number of hydrogen-bond donors (Lipinski definition) is 1. The van der Waals surface area contributed by atoms with Gasteiger partial charge in [0, 0.05) is 13.1 Å². The van der Waals surface area contributed by atoms with Crippen LogP contribution in [0.5, 0.6) is 0 Å². The van der Waals surface area contributed by atoms with Crippen molar-refractivity contribution in [3.8, 4) is 0 Å². The maximum atomic E-state index is 12.8. The quantitative estimate of drug-likeness (QED) is 0.747. The third-order valence-corrected chi connectivity index (χ3v) is 7.56. The van der Waals surface area contributed by atoms with E-state index in [2.05, 4.69) is 16.9 Å². The van der Waals surface area contributed by atoms with Crippen LogP contribution in [0.4, 0.5) is 0 Å². The fourth-order valence-corrected chi connectivity index (χ4v) is 5.76. The zero-order valence-electron chi connectivity index (χ0n) is 14.7. The van der Waals surface area contributed by atoms with Gasteiger partial charge in [0.1, 0.15) is 0 Å². The van der Waals surface area contributed by atoms with Gasteiger partial charge in [-0.05, 0) is 61.1 Å². The van der Waals surface area contributed by atoms with Crippen molar-refractivity contribution in [1.29, 1.82) is 0 Å². The lowest BCUT2D eigenvalue weighted by Gasteiger charge is -2.16. The maximum Gasteiger partial charge on any atom is 0.307 e. The second kappa shape index (κ2) is 6.33. The first-order valence-electron chi connectivity index (χ1n) is 8.59. The fourth-order valence-electron chi connectivity index (χ4n) is 3.51. The standard InChI is InChI=1S/C19H20N2O3S2/c1-12(14-7-6-13-4-3-5-15(13)10-14)20-26(23,24)16-8-9-17-18(11-16)25-19(22)21(17)2/h6-12,20H,3-5H2,1-2H3/t12-/m1/s1. The van der Waals surface area contributed by atoms with Crippen molar-refractivity contribution < 1.29 is 8.42 Å². The van der Waals surface area contributed by atoms with Gasteiger partial charge in [-0.2, -0.15) is 0 Å². The minimum absolute atomic E-state index is 0.103. The summed E-state index contributed by atoms with van der Waals surface area (Å²) in [6.07, 6.45) is 3.33. The molecule has 3 aromatic rings. The van der Waals surface area contributed by atoms with Gasteiger partial charge >= 0.3 is 4.87 Å². The molecular formula is C19H20N2O3S2. The Bertz CT molecular complexity index is 1160. The van der Waals surface area contributed by atoms with Crippen LogP contribution in [0, 0.1) is 0 Å². The molecule has 1 aliphatic rings. The Hall–Kier alpha value is -1.96. The van der Waals surface area contributed by atoms with E-state index in [1.807, 2.05) is 13.0 Å². The number of thiazole rings is 1. The predicted molar refractivity (Wildman–Crippen MR) is 104 cm³/mol. The molecule has 1 N–H and O–H groups in total. The van der Waals surface area contributed by atoms with Gasteiger partial charge in [0.2, 0.25) is 10.0 Å². The lowest BCUT2D eigenvalue weighted by Crippen LogP contribution is -2.27.